The van der Waals surface area contributed by atoms with Gasteiger partial charge >= 0.3 is 0 Å². The Morgan fingerprint density at radius 2 is 1.68 bits per heavy atom. The molecule has 37 heavy (non-hydrogen) atoms. The van der Waals surface area contributed by atoms with E-state index in [4.69, 9.17) is 16.0 Å². The van der Waals surface area contributed by atoms with Gasteiger partial charge in [-0.05, 0) is 67.1 Å². The zero-order valence-corrected chi connectivity index (χ0v) is 21.4. The average Bonchev–Trinajstić information content (AvgIpc) is 3.41. The molecule has 0 aliphatic rings. The van der Waals surface area contributed by atoms with Crippen LogP contribution < -0.4 is 14.9 Å². The van der Waals surface area contributed by atoms with Crippen LogP contribution in [0.15, 0.2) is 101 Å². The Morgan fingerprint density at radius 1 is 0.946 bits per heavy atom. The topological polar surface area (TPSA) is 109 Å². The van der Waals surface area contributed by atoms with Gasteiger partial charge < -0.3 is 15.1 Å². The number of carbonyl (C=O) groups excluding carboxylic acids is 2. The molecule has 3 aromatic carbocycles. The normalized spacial score (nSPS) is 11.1. The van der Waals surface area contributed by atoms with Crippen molar-refractivity contribution in [3.8, 4) is 0 Å². The molecule has 0 aliphatic heterocycles. The predicted molar refractivity (Wildman–Crippen MR) is 142 cm³/mol. The summed E-state index contributed by atoms with van der Waals surface area (Å²) in [6.07, 6.45) is 1.51. The van der Waals surface area contributed by atoms with Gasteiger partial charge in [0.2, 0.25) is 5.91 Å². The van der Waals surface area contributed by atoms with Crippen LogP contribution in [-0.2, 0) is 21.4 Å². The maximum Gasteiger partial charge on any atom is 0.264 e. The van der Waals surface area contributed by atoms with E-state index in [-0.39, 0.29) is 22.7 Å². The minimum absolute atomic E-state index is 0.0369. The van der Waals surface area contributed by atoms with Gasteiger partial charge in [-0.25, -0.2) is 8.42 Å². The number of sulfonamides is 1. The number of furan rings is 1. The molecule has 190 valence electrons. The van der Waals surface area contributed by atoms with Crippen molar-refractivity contribution >= 4 is 44.8 Å². The highest BCUT2D eigenvalue weighted by Gasteiger charge is 2.28. The Morgan fingerprint density at radius 3 is 2.38 bits per heavy atom. The lowest BCUT2D eigenvalue weighted by Gasteiger charge is -2.26. The van der Waals surface area contributed by atoms with Crippen molar-refractivity contribution in [3.05, 3.63) is 113 Å². The monoisotopic (exact) mass is 537 g/mol. The van der Waals surface area contributed by atoms with Gasteiger partial charge in [0, 0.05) is 5.02 Å². The maximum atomic E-state index is 13.6. The molecule has 2 N–H and O–H groups in total. The van der Waals surface area contributed by atoms with E-state index in [0.29, 0.717) is 22.0 Å². The quantitative estimate of drug-likeness (QED) is 0.312. The van der Waals surface area contributed by atoms with Gasteiger partial charge in [-0.15, -0.1) is 0 Å². The van der Waals surface area contributed by atoms with E-state index in [0.717, 1.165) is 4.31 Å². The number of hydrogen-bond donors (Lipinski definition) is 2. The second kappa shape index (κ2) is 11.3. The molecule has 10 heteroatoms. The number of anilines is 2. The molecule has 1 heterocycles. The van der Waals surface area contributed by atoms with Gasteiger partial charge in [0.15, 0.2) is 0 Å². The van der Waals surface area contributed by atoms with Crippen LogP contribution >= 0.6 is 11.6 Å². The summed E-state index contributed by atoms with van der Waals surface area (Å²) in [7, 11) is -4.10. The number of rotatable bonds is 9. The summed E-state index contributed by atoms with van der Waals surface area (Å²) in [5.41, 5.74) is 1.36. The smallest absolute Gasteiger partial charge is 0.264 e. The molecule has 4 aromatic rings. The summed E-state index contributed by atoms with van der Waals surface area (Å²) in [6.45, 7) is 1.36. The number of hydrogen-bond acceptors (Lipinski definition) is 5. The third kappa shape index (κ3) is 6.19. The zero-order valence-electron chi connectivity index (χ0n) is 19.8. The van der Waals surface area contributed by atoms with Gasteiger partial charge in [0.05, 0.1) is 34.6 Å². The van der Waals surface area contributed by atoms with Crippen molar-refractivity contribution in [2.24, 2.45) is 0 Å². The van der Waals surface area contributed by atoms with Crippen LogP contribution in [0.5, 0.6) is 0 Å². The fourth-order valence-electron chi connectivity index (χ4n) is 3.70. The van der Waals surface area contributed by atoms with E-state index >= 15 is 0 Å². The van der Waals surface area contributed by atoms with Gasteiger partial charge in [-0.3, -0.25) is 13.9 Å². The number of aryl methyl sites for hydroxylation is 1. The third-order valence-electron chi connectivity index (χ3n) is 5.50. The second-order valence-electron chi connectivity index (χ2n) is 8.11. The highest BCUT2D eigenvalue weighted by Crippen LogP contribution is 2.29. The maximum absolute atomic E-state index is 13.6. The average molecular weight is 538 g/mol. The van der Waals surface area contributed by atoms with Gasteiger partial charge in [0.25, 0.3) is 15.9 Å². The van der Waals surface area contributed by atoms with Crippen LogP contribution in [0, 0.1) is 6.92 Å². The summed E-state index contributed by atoms with van der Waals surface area (Å²) in [6, 6.07) is 22.5. The number of halogens is 1. The van der Waals surface area contributed by atoms with Crippen LogP contribution in [0.25, 0.3) is 0 Å². The minimum atomic E-state index is -4.10. The van der Waals surface area contributed by atoms with E-state index in [1.165, 1.54) is 18.4 Å². The first-order chi connectivity index (χ1) is 17.8. The van der Waals surface area contributed by atoms with Crippen molar-refractivity contribution in [1.82, 2.24) is 5.32 Å². The molecule has 2 amide bonds. The third-order valence-corrected chi connectivity index (χ3v) is 7.50. The van der Waals surface area contributed by atoms with Gasteiger partial charge in [0.1, 0.15) is 12.3 Å². The second-order valence-corrected chi connectivity index (χ2v) is 10.4. The van der Waals surface area contributed by atoms with Crippen molar-refractivity contribution in [1.29, 1.82) is 0 Å². The predicted octanol–water partition coefficient (Wildman–Crippen LogP) is 5.01. The standard InChI is InChI=1S/C27H24ClN3O5S/c1-19-16-20(28)13-14-25(19)31(37(34,35)22-9-3-2-4-10-22)18-26(32)30-24-12-6-5-11-23(24)27(33)29-17-21-8-7-15-36-21/h2-16H,17-18H2,1H3,(H,29,33)(H,30,32). The lowest BCUT2D eigenvalue weighted by molar-refractivity contribution is -0.114. The fourth-order valence-corrected chi connectivity index (χ4v) is 5.44. The fraction of sp³-hybridized carbons (Fsp3) is 0.111. The first kappa shape index (κ1) is 26.0. The van der Waals surface area contributed by atoms with E-state index in [2.05, 4.69) is 10.6 Å². The Hall–Kier alpha value is -4.08. The minimum Gasteiger partial charge on any atom is -0.467 e. The van der Waals surface area contributed by atoms with Crippen LogP contribution in [-0.4, -0.2) is 26.8 Å². The molecule has 8 nitrogen and oxygen atoms in total. The Balaban J connectivity index is 1.59. The molecule has 0 spiro atoms. The van der Waals surface area contributed by atoms with Crippen LogP contribution in [0.1, 0.15) is 21.7 Å². The molecule has 0 saturated heterocycles. The molecule has 0 aliphatic carbocycles. The molecule has 0 radical (unpaired) electrons. The lowest BCUT2D eigenvalue weighted by Crippen LogP contribution is -2.38. The number of para-hydroxylation sites is 1. The largest absolute Gasteiger partial charge is 0.467 e. The highest BCUT2D eigenvalue weighted by molar-refractivity contribution is 7.92. The molecular formula is C27H24ClN3O5S. The summed E-state index contributed by atoms with van der Waals surface area (Å²) < 4.78 is 33.4. The molecular weight excluding hydrogens is 514 g/mol. The van der Waals surface area contributed by atoms with Crippen LogP contribution in [0.2, 0.25) is 5.02 Å². The van der Waals surface area contributed by atoms with Crippen LogP contribution in [0.3, 0.4) is 0 Å². The SMILES string of the molecule is Cc1cc(Cl)ccc1N(CC(=O)Nc1ccccc1C(=O)NCc1ccco1)S(=O)(=O)c1ccccc1. The first-order valence-electron chi connectivity index (χ1n) is 11.3. The summed E-state index contributed by atoms with van der Waals surface area (Å²) in [5.74, 6) is -0.468. The molecule has 0 atom stereocenters. The Labute approximate surface area is 219 Å². The van der Waals surface area contributed by atoms with Crippen molar-refractivity contribution in [3.63, 3.8) is 0 Å². The summed E-state index contributed by atoms with van der Waals surface area (Å²) >= 11 is 6.08. The number of carbonyl (C=O) groups is 2. The van der Waals surface area contributed by atoms with Crippen LogP contribution in [0.4, 0.5) is 11.4 Å². The van der Waals surface area contributed by atoms with E-state index < -0.39 is 28.4 Å². The first-order valence-corrected chi connectivity index (χ1v) is 13.1. The lowest BCUT2D eigenvalue weighted by atomic mass is 10.1. The van der Waals surface area contributed by atoms with E-state index in [1.807, 2.05) is 0 Å². The number of amides is 2. The van der Waals surface area contributed by atoms with Gasteiger partial charge in [-0.1, -0.05) is 41.9 Å². The van der Waals surface area contributed by atoms with Gasteiger partial charge in [-0.2, -0.15) is 0 Å². The highest BCUT2D eigenvalue weighted by atomic mass is 35.5. The Kier molecular flexibility index (Phi) is 7.95. The van der Waals surface area contributed by atoms with Crippen molar-refractivity contribution in [2.45, 2.75) is 18.4 Å². The summed E-state index contributed by atoms with van der Waals surface area (Å²) in [4.78, 5) is 26.0. The molecule has 4 rings (SSSR count). The Bertz CT molecular complexity index is 1510. The van der Waals surface area contributed by atoms with Crippen molar-refractivity contribution in [2.75, 3.05) is 16.2 Å². The van der Waals surface area contributed by atoms with E-state index in [9.17, 15) is 18.0 Å². The molecule has 1 aromatic heterocycles. The summed E-state index contributed by atoms with van der Waals surface area (Å²) in [5, 5.41) is 5.86. The zero-order chi connectivity index (χ0) is 26.4. The van der Waals surface area contributed by atoms with E-state index in [1.54, 1.807) is 79.7 Å². The molecule has 0 unspecified atom stereocenters. The molecule has 0 fully saturated rings. The number of nitrogens with zero attached hydrogens (tertiary/aromatic N) is 1. The number of benzene rings is 3. The number of nitrogens with one attached hydrogen (secondary N) is 2. The van der Waals surface area contributed by atoms with Crippen molar-refractivity contribution < 1.29 is 22.4 Å². The molecule has 0 saturated carbocycles. The molecule has 0 bridgehead atoms.